The van der Waals surface area contributed by atoms with E-state index in [1.54, 1.807) is 4.67 Å². The molecule has 2 atom stereocenters. The van der Waals surface area contributed by atoms with Crippen LogP contribution in [0.4, 0.5) is 0 Å². The van der Waals surface area contributed by atoms with E-state index < -0.39 is 7.67 Å². The minimum absolute atomic E-state index is 0.340. The highest BCUT2D eigenvalue weighted by Gasteiger charge is 2.39. The second-order valence-electron chi connectivity index (χ2n) is 3.27. The summed E-state index contributed by atoms with van der Waals surface area (Å²) in [7, 11) is 2.53. The third-order valence-electron chi connectivity index (χ3n) is 2.58. The van der Waals surface area contributed by atoms with Gasteiger partial charge in [-0.1, -0.05) is 0 Å². The second-order valence-corrected chi connectivity index (χ2v) is 5.93. The summed E-state index contributed by atoms with van der Waals surface area (Å²) in [6.07, 6.45) is 1.04. The summed E-state index contributed by atoms with van der Waals surface area (Å²) in [5, 5.41) is 0. The van der Waals surface area contributed by atoms with Gasteiger partial charge < -0.3 is 4.52 Å². The molecule has 0 aromatic rings. The summed E-state index contributed by atoms with van der Waals surface area (Å²) >= 11 is 0. The number of hydrogen-bond acceptors (Lipinski definition) is 2. The molecule has 2 unspecified atom stereocenters. The normalized spacial score (nSPS) is 40.2. The van der Waals surface area contributed by atoms with Crippen molar-refractivity contribution in [2.75, 3.05) is 27.7 Å². The summed E-state index contributed by atoms with van der Waals surface area (Å²) in [5.41, 5.74) is 0. The molecular weight excluding hydrogens is 175 g/mol. The average molecular weight is 192 g/mol. The third-order valence-corrected chi connectivity index (χ3v) is 5.31. The van der Waals surface area contributed by atoms with Crippen LogP contribution in [-0.4, -0.2) is 43.1 Å². The van der Waals surface area contributed by atoms with Crippen molar-refractivity contribution in [2.45, 2.75) is 19.4 Å². The molecule has 1 fully saturated rings. The quantitative estimate of drug-likeness (QED) is 0.588. The first-order valence-electron chi connectivity index (χ1n) is 4.13. The van der Waals surface area contributed by atoms with Crippen molar-refractivity contribution < 1.29 is 9.09 Å². The Hall–Kier alpha value is 0.110. The van der Waals surface area contributed by atoms with Gasteiger partial charge in [-0.05, 0) is 27.4 Å². The molecule has 0 aliphatic carbocycles. The lowest BCUT2D eigenvalue weighted by molar-refractivity contribution is 0.201. The van der Waals surface area contributed by atoms with Gasteiger partial charge in [-0.25, -0.2) is 9.34 Å². The zero-order valence-corrected chi connectivity index (χ0v) is 9.04. The molecule has 1 heterocycles. The molecule has 0 saturated carbocycles. The van der Waals surface area contributed by atoms with Crippen LogP contribution in [0.15, 0.2) is 0 Å². The first kappa shape index (κ1) is 10.2. The molecule has 0 bridgehead atoms. The first-order valence-corrected chi connectivity index (χ1v) is 5.66. The fourth-order valence-corrected chi connectivity index (χ4v) is 3.44. The molecular formula is C7H17N2O2P. The van der Waals surface area contributed by atoms with Crippen LogP contribution in [0.2, 0.25) is 0 Å². The summed E-state index contributed by atoms with van der Waals surface area (Å²) in [4.78, 5) is 0. The highest BCUT2D eigenvalue weighted by Crippen LogP contribution is 2.55. The van der Waals surface area contributed by atoms with Gasteiger partial charge in [-0.15, -0.1) is 0 Å². The molecule has 1 rings (SSSR count). The van der Waals surface area contributed by atoms with E-state index in [-0.39, 0.29) is 0 Å². The molecule has 4 nitrogen and oxygen atoms in total. The summed E-state index contributed by atoms with van der Waals surface area (Å²) < 4.78 is 20.8. The summed E-state index contributed by atoms with van der Waals surface area (Å²) in [6, 6.07) is 0.340. The maximum Gasteiger partial charge on any atom is 0.345 e. The molecule has 5 heteroatoms. The number of hydrogen-bond donors (Lipinski definition) is 0. The molecule has 0 amide bonds. The van der Waals surface area contributed by atoms with E-state index in [2.05, 4.69) is 6.92 Å². The van der Waals surface area contributed by atoms with Crippen LogP contribution in [0.5, 0.6) is 0 Å². The van der Waals surface area contributed by atoms with Gasteiger partial charge in [0.15, 0.2) is 0 Å². The van der Waals surface area contributed by atoms with Crippen LogP contribution in [0, 0.1) is 0 Å². The Bertz CT molecular complexity index is 210. The third kappa shape index (κ3) is 1.44. The van der Waals surface area contributed by atoms with Crippen molar-refractivity contribution in [3.63, 3.8) is 0 Å². The van der Waals surface area contributed by atoms with Crippen LogP contribution in [0.25, 0.3) is 0 Å². The van der Waals surface area contributed by atoms with E-state index in [1.165, 1.54) is 7.11 Å². The minimum Gasteiger partial charge on any atom is -0.309 e. The Morgan fingerprint density at radius 2 is 2.08 bits per heavy atom. The summed E-state index contributed by atoms with van der Waals surface area (Å²) in [6.45, 7) is 2.91. The van der Waals surface area contributed by atoms with Gasteiger partial charge in [0, 0.05) is 19.7 Å². The fraction of sp³-hybridized carbons (Fsp3) is 1.00. The molecule has 0 radical (unpaired) electrons. The largest absolute Gasteiger partial charge is 0.345 e. The highest BCUT2D eigenvalue weighted by molar-refractivity contribution is 7.53. The van der Waals surface area contributed by atoms with Gasteiger partial charge in [-0.2, -0.15) is 0 Å². The standard InChI is InChI=1S/C7H17N2O2P/c1-7-5-6-8(2)12(10,11-4)9(7)3/h7H,5-6H2,1-4H3. The molecule has 1 aliphatic heterocycles. The molecule has 0 aromatic carbocycles. The summed E-state index contributed by atoms with van der Waals surface area (Å²) in [5.74, 6) is 0. The minimum atomic E-state index is -2.67. The van der Waals surface area contributed by atoms with Gasteiger partial charge in [-0.3, -0.25) is 4.57 Å². The van der Waals surface area contributed by atoms with Crippen molar-refractivity contribution >= 4 is 7.67 Å². The maximum atomic E-state index is 12.1. The van der Waals surface area contributed by atoms with Crippen molar-refractivity contribution in [3.8, 4) is 0 Å². The number of nitrogens with zero attached hydrogens (tertiary/aromatic N) is 2. The van der Waals surface area contributed by atoms with Gasteiger partial charge in [0.2, 0.25) is 0 Å². The predicted molar refractivity (Wildman–Crippen MR) is 49.1 cm³/mol. The SMILES string of the molecule is COP1(=O)N(C)CCC(C)N1C. The van der Waals surface area contributed by atoms with Crippen LogP contribution < -0.4 is 0 Å². The molecule has 1 aliphatic rings. The molecule has 0 aromatic heterocycles. The second kappa shape index (κ2) is 3.46. The Balaban J connectivity index is 2.86. The zero-order valence-electron chi connectivity index (χ0n) is 8.15. The smallest absolute Gasteiger partial charge is 0.309 e. The van der Waals surface area contributed by atoms with Gasteiger partial charge >= 0.3 is 7.67 Å². The van der Waals surface area contributed by atoms with Crippen LogP contribution in [0.1, 0.15) is 13.3 Å². The molecule has 0 N–H and O–H groups in total. The Kier molecular flexibility index (Phi) is 2.94. The van der Waals surface area contributed by atoms with Crippen LogP contribution in [-0.2, 0) is 9.09 Å². The van der Waals surface area contributed by atoms with Gasteiger partial charge in [0.1, 0.15) is 0 Å². The Morgan fingerprint density at radius 3 is 2.50 bits per heavy atom. The predicted octanol–water partition coefficient (Wildman–Crippen LogP) is 1.40. The van der Waals surface area contributed by atoms with E-state index in [1.807, 2.05) is 18.8 Å². The monoisotopic (exact) mass is 192 g/mol. The van der Waals surface area contributed by atoms with E-state index >= 15 is 0 Å². The van der Waals surface area contributed by atoms with E-state index in [4.69, 9.17) is 4.52 Å². The van der Waals surface area contributed by atoms with Gasteiger partial charge in [0.25, 0.3) is 0 Å². The van der Waals surface area contributed by atoms with E-state index in [0.717, 1.165) is 13.0 Å². The van der Waals surface area contributed by atoms with E-state index in [9.17, 15) is 4.57 Å². The van der Waals surface area contributed by atoms with Crippen molar-refractivity contribution in [1.29, 1.82) is 0 Å². The Morgan fingerprint density at radius 1 is 1.50 bits per heavy atom. The fourth-order valence-electron chi connectivity index (χ4n) is 1.44. The average Bonchev–Trinajstić information content (AvgIpc) is 2.08. The highest BCUT2D eigenvalue weighted by atomic mass is 31.2. The van der Waals surface area contributed by atoms with Crippen molar-refractivity contribution in [2.24, 2.45) is 0 Å². The maximum absolute atomic E-state index is 12.1. The lowest BCUT2D eigenvalue weighted by Crippen LogP contribution is -2.40. The molecule has 0 spiro atoms. The molecule has 72 valence electrons. The van der Waals surface area contributed by atoms with Crippen molar-refractivity contribution in [1.82, 2.24) is 9.34 Å². The van der Waals surface area contributed by atoms with Crippen LogP contribution in [0.3, 0.4) is 0 Å². The topological polar surface area (TPSA) is 32.8 Å². The zero-order chi connectivity index (χ0) is 9.35. The molecule has 1 saturated heterocycles. The Labute approximate surface area is 74.0 Å². The molecule has 12 heavy (non-hydrogen) atoms. The number of rotatable bonds is 1. The van der Waals surface area contributed by atoms with Gasteiger partial charge in [0.05, 0.1) is 0 Å². The van der Waals surface area contributed by atoms with E-state index in [0.29, 0.717) is 6.04 Å². The first-order chi connectivity index (χ1) is 5.52. The lowest BCUT2D eigenvalue weighted by Gasteiger charge is -2.41. The lowest BCUT2D eigenvalue weighted by atomic mass is 10.2. The van der Waals surface area contributed by atoms with Crippen molar-refractivity contribution in [3.05, 3.63) is 0 Å². The van der Waals surface area contributed by atoms with Crippen LogP contribution >= 0.6 is 7.67 Å².